The Morgan fingerprint density at radius 1 is 1.25 bits per heavy atom. The van der Waals surface area contributed by atoms with E-state index in [2.05, 4.69) is 12.2 Å². The molecule has 0 aromatic heterocycles. The van der Waals surface area contributed by atoms with E-state index in [1.807, 2.05) is 0 Å². The number of piperidine rings is 1. The van der Waals surface area contributed by atoms with Crippen LogP contribution >= 0.6 is 0 Å². The molecule has 0 aliphatic carbocycles. The predicted molar refractivity (Wildman–Crippen MR) is 51.1 cm³/mol. The molecule has 1 N–H and O–H groups in total. The molecule has 1 saturated heterocycles. The van der Waals surface area contributed by atoms with E-state index >= 15 is 0 Å². The molecule has 1 heterocycles. The van der Waals surface area contributed by atoms with Gasteiger partial charge in [0.2, 0.25) is 0 Å². The first-order chi connectivity index (χ1) is 5.93. The van der Waals surface area contributed by atoms with Crippen LogP contribution in [0.2, 0.25) is 0 Å². The summed E-state index contributed by atoms with van der Waals surface area (Å²) >= 11 is 0. The molecule has 0 atom stereocenters. The second-order valence-corrected chi connectivity index (χ2v) is 3.38. The van der Waals surface area contributed by atoms with E-state index in [4.69, 9.17) is 4.74 Å². The molecule has 1 fully saturated rings. The molecule has 12 heavy (non-hydrogen) atoms. The van der Waals surface area contributed by atoms with Gasteiger partial charge in [-0.05, 0) is 32.4 Å². The third-order valence-corrected chi connectivity index (χ3v) is 2.28. The maximum Gasteiger partial charge on any atom is 0.0599 e. The fourth-order valence-electron chi connectivity index (χ4n) is 1.49. The van der Waals surface area contributed by atoms with Crippen LogP contribution in [-0.2, 0) is 4.74 Å². The predicted octanol–water partition coefficient (Wildman–Crippen LogP) is 1.76. The van der Waals surface area contributed by atoms with Gasteiger partial charge in [-0.3, -0.25) is 0 Å². The Morgan fingerprint density at radius 2 is 2.00 bits per heavy atom. The molecular formula is C10H20NO. The minimum absolute atomic E-state index is 0.524. The lowest BCUT2D eigenvalue weighted by Gasteiger charge is -2.22. The second kappa shape index (κ2) is 6.44. The fourth-order valence-corrected chi connectivity index (χ4v) is 1.49. The van der Waals surface area contributed by atoms with Crippen molar-refractivity contribution in [3.05, 3.63) is 6.92 Å². The Kier molecular flexibility index (Phi) is 5.37. The lowest BCUT2D eigenvalue weighted by atomic mass is 10.1. The van der Waals surface area contributed by atoms with Crippen LogP contribution in [0.4, 0.5) is 0 Å². The highest BCUT2D eigenvalue weighted by atomic mass is 16.5. The van der Waals surface area contributed by atoms with Gasteiger partial charge in [0.15, 0.2) is 0 Å². The van der Waals surface area contributed by atoms with Crippen LogP contribution in [0.5, 0.6) is 0 Å². The summed E-state index contributed by atoms with van der Waals surface area (Å²) in [6.45, 7) is 6.99. The molecule has 0 aromatic carbocycles. The lowest BCUT2D eigenvalue weighted by Crippen LogP contribution is -2.32. The number of nitrogens with one attached hydrogen (secondary N) is 1. The number of hydrogen-bond acceptors (Lipinski definition) is 2. The van der Waals surface area contributed by atoms with Crippen LogP contribution in [0.1, 0.15) is 32.1 Å². The molecule has 1 aliphatic heterocycles. The van der Waals surface area contributed by atoms with Gasteiger partial charge in [0.1, 0.15) is 0 Å². The molecule has 1 radical (unpaired) electrons. The van der Waals surface area contributed by atoms with Crippen molar-refractivity contribution in [2.24, 2.45) is 0 Å². The summed E-state index contributed by atoms with van der Waals surface area (Å²) in [5.41, 5.74) is 0. The lowest BCUT2D eigenvalue weighted by molar-refractivity contribution is 0.0310. The van der Waals surface area contributed by atoms with Gasteiger partial charge in [-0.2, -0.15) is 0 Å². The van der Waals surface area contributed by atoms with Crippen LogP contribution in [0.25, 0.3) is 0 Å². The van der Waals surface area contributed by atoms with Crippen LogP contribution < -0.4 is 5.32 Å². The topological polar surface area (TPSA) is 21.3 Å². The number of ether oxygens (including phenoxy) is 1. The van der Waals surface area contributed by atoms with Crippen LogP contribution in [-0.4, -0.2) is 25.8 Å². The summed E-state index contributed by atoms with van der Waals surface area (Å²) in [4.78, 5) is 0. The third-order valence-electron chi connectivity index (χ3n) is 2.28. The van der Waals surface area contributed by atoms with E-state index < -0.39 is 0 Å². The molecule has 0 bridgehead atoms. The third kappa shape index (κ3) is 4.07. The zero-order valence-corrected chi connectivity index (χ0v) is 7.85. The van der Waals surface area contributed by atoms with Crippen molar-refractivity contribution >= 4 is 0 Å². The molecule has 0 amide bonds. The fraction of sp³-hybridized carbons (Fsp3) is 0.900. The highest BCUT2D eigenvalue weighted by Crippen LogP contribution is 2.08. The average molecular weight is 170 g/mol. The van der Waals surface area contributed by atoms with Crippen molar-refractivity contribution in [3.8, 4) is 0 Å². The first-order valence-corrected chi connectivity index (χ1v) is 5.05. The molecule has 2 heteroatoms. The molecule has 0 aromatic rings. The van der Waals surface area contributed by atoms with Crippen molar-refractivity contribution in [1.82, 2.24) is 5.32 Å². The summed E-state index contributed by atoms with van der Waals surface area (Å²) in [5.74, 6) is 0. The van der Waals surface area contributed by atoms with E-state index in [1.54, 1.807) is 0 Å². The quantitative estimate of drug-likeness (QED) is 0.635. The van der Waals surface area contributed by atoms with Gasteiger partial charge in [0, 0.05) is 6.61 Å². The standard InChI is InChI=1S/C10H20NO/c1-2-3-4-9-12-10-5-7-11-8-6-10/h10-11H,1-9H2. The first-order valence-electron chi connectivity index (χ1n) is 5.05. The Bertz CT molecular complexity index is 100. The van der Waals surface area contributed by atoms with Gasteiger partial charge in [0.25, 0.3) is 0 Å². The number of unbranched alkanes of at least 4 members (excludes halogenated alkanes) is 2. The maximum atomic E-state index is 5.72. The monoisotopic (exact) mass is 170 g/mol. The normalized spacial score (nSPS) is 19.8. The molecule has 1 rings (SSSR count). The molecule has 2 nitrogen and oxygen atoms in total. The zero-order valence-electron chi connectivity index (χ0n) is 7.85. The van der Waals surface area contributed by atoms with Crippen LogP contribution in [0.15, 0.2) is 0 Å². The molecule has 0 saturated carbocycles. The van der Waals surface area contributed by atoms with Crippen molar-refractivity contribution in [1.29, 1.82) is 0 Å². The van der Waals surface area contributed by atoms with Crippen LogP contribution in [0.3, 0.4) is 0 Å². The van der Waals surface area contributed by atoms with Gasteiger partial charge < -0.3 is 10.1 Å². The Balaban J connectivity index is 1.91. The van der Waals surface area contributed by atoms with Gasteiger partial charge in [-0.15, -0.1) is 0 Å². The summed E-state index contributed by atoms with van der Waals surface area (Å²) in [6.07, 6.45) is 6.30. The SMILES string of the molecule is [CH2]CCCCOC1CCNCC1. The van der Waals surface area contributed by atoms with Gasteiger partial charge in [-0.25, -0.2) is 0 Å². The minimum Gasteiger partial charge on any atom is -0.378 e. The van der Waals surface area contributed by atoms with Crippen molar-refractivity contribution < 1.29 is 4.74 Å². The largest absolute Gasteiger partial charge is 0.378 e. The van der Waals surface area contributed by atoms with E-state index in [1.165, 1.54) is 25.7 Å². The smallest absolute Gasteiger partial charge is 0.0599 e. The average Bonchev–Trinajstić information content (AvgIpc) is 2.14. The number of hydrogen-bond donors (Lipinski definition) is 1. The highest BCUT2D eigenvalue weighted by molar-refractivity contribution is 4.67. The molecule has 71 valence electrons. The zero-order chi connectivity index (χ0) is 8.65. The Hall–Kier alpha value is -0.0800. The molecule has 0 spiro atoms. The highest BCUT2D eigenvalue weighted by Gasteiger charge is 2.12. The second-order valence-electron chi connectivity index (χ2n) is 3.38. The van der Waals surface area contributed by atoms with E-state index in [9.17, 15) is 0 Å². The maximum absolute atomic E-state index is 5.72. The van der Waals surface area contributed by atoms with E-state index in [0.29, 0.717) is 6.10 Å². The van der Waals surface area contributed by atoms with E-state index in [0.717, 1.165) is 26.1 Å². The summed E-state index contributed by atoms with van der Waals surface area (Å²) < 4.78 is 5.72. The van der Waals surface area contributed by atoms with Crippen molar-refractivity contribution in [2.45, 2.75) is 38.2 Å². The molecular weight excluding hydrogens is 150 g/mol. The molecule has 0 unspecified atom stereocenters. The summed E-state index contributed by atoms with van der Waals surface area (Å²) in [5, 5.41) is 3.33. The van der Waals surface area contributed by atoms with Crippen molar-refractivity contribution in [2.75, 3.05) is 19.7 Å². The summed E-state index contributed by atoms with van der Waals surface area (Å²) in [6, 6.07) is 0. The Morgan fingerprint density at radius 3 is 2.67 bits per heavy atom. The van der Waals surface area contributed by atoms with Crippen molar-refractivity contribution in [3.63, 3.8) is 0 Å². The van der Waals surface area contributed by atoms with Gasteiger partial charge in [-0.1, -0.05) is 19.8 Å². The minimum atomic E-state index is 0.524. The molecule has 1 aliphatic rings. The van der Waals surface area contributed by atoms with E-state index in [-0.39, 0.29) is 0 Å². The summed E-state index contributed by atoms with van der Waals surface area (Å²) in [7, 11) is 0. The van der Waals surface area contributed by atoms with Crippen LogP contribution in [0, 0.1) is 6.92 Å². The van der Waals surface area contributed by atoms with Gasteiger partial charge >= 0.3 is 0 Å². The Labute approximate surface area is 75.7 Å². The van der Waals surface area contributed by atoms with Gasteiger partial charge in [0.05, 0.1) is 6.10 Å². The number of rotatable bonds is 5. The first kappa shape index (κ1) is 10.0.